The average Bonchev–Trinajstić information content (AvgIpc) is 2.30. The predicted molar refractivity (Wildman–Crippen MR) is 79.5 cm³/mol. The first kappa shape index (κ1) is 15.5. The van der Waals surface area contributed by atoms with Gasteiger partial charge in [0.2, 0.25) is 5.88 Å². The van der Waals surface area contributed by atoms with Gasteiger partial charge in [-0.3, -0.25) is 0 Å². The van der Waals surface area contributed by atoms with Gasteiger partial charge in [-0.15, -0.1) is 0 Å². The lowest BCUT2D eigenvalue weighted by Crippen LogP contribution is -2.13. The molecule has 0 atom stereocenters. The molecule has 1 aromatic heterocycles. The maximum absolute atomic E-state index is 6.04. The third kappa shape index (κ3) is 4.93. The van der Waals surface area contributed by atoms with Crippen molar-refractivity contribution < 1.29 is 4.74 Å². The maximum Gasteiger partial charge on any atom is 0.242 e. The normalized spacial score (nSPS) is 11.1. The van der Waals surface area contributed by atoms with Crippen LogP contribution in [0.3, 0.4) is 0 Å². The molecule has 1 heterocycles. The summed E-state index contributed by atoms with van der Waals surface area (Å²) in [6.07, 6.45) is 0.816. The third-order valence-electron chi connectivity index (χ3n) is 2.45. The fourth-order valence-electron chi connectivity index (χ4n) is 1.61. The summed E-state index contributed by atoms with van der Waals surface area (Å²) in [4.78, 5) is 8.89. The van der Waals surface area contributed by atoms with Crippen molar-refractivity contribution in [2.24, 2.45) is 11.8 Å². The number of ether oxygens (including phenoxy) is 1. The molecular weight excluding hydrogens is 240 g/mol. The molecule has 3 N–H and O–H groups in total. The van der Waals surface area contributed by atoms with Gasteiger partial charge in [0.05, 0.1) is 6.61 Å². The van der Waals surface area contributed by atoms with Crippen molar-refractivity contribution in [3.63, 3.8) is 0 Å². The molecule has 0 aliphatic carbocycles. The van der Waals surface area contributed by atoms with Gasteiger partial charge in [0.15, 0.2) is 5.82 Å². The first-order chi connectivity index (χ1) is 8.93. The summed E-state index contributed by atoms with van der Waals surface area (Å²) in [6.45, 7) is 11.9. The van der Waals surface area contributed by atoms with Crippen LogP contribution in [0.1, 0.15) is 40.4 Å². The Labute approximate surface area is 116 Å². The summed E-state index contributed by atoms with van der Waals surface area (Å²) in [7, 11) is 0. The average molecular weight is 266 g/mol. The Morgan fingerprint density at radius 3 is 2.37 bits per heavy atom. The molecule has 1 aromatic rings. The molecule has 1 rings (SSSR count). The fraction of sp³-hybridized carbons (Fsp3) is 0.714. The van der Waals surface area contributed by atoms with Crippen LogP contribution in [-0.4, -0.2) is 23.1 Å². The highest BCUT2D eigenvalue weighted by atomic mass is 16.5. The predicted octanol–water partition coefficient (Wildman–Crippen LogP) is 2.72. The summed E-state index contributed by atoms with van der Waals surface area (Å²) in [5.74, 6) is 2.88. The van der Waals surface area contributed by atoms with Gasteiger partial charge >= 0.3 is 0 Å². The second-order valence-electron chi connectivity index (χ2n) is 5.54. The molecule has 0 aliphatic heterocycles. The van der Waals surface area contributed by atoms with Gasteiger partial charge in [-0.1, -0.05) is 27.7 Å². The summed E-state index contributed by atoms with van der Waals surface area (Å²) in [6, 6.07) is 0. The smallest absolute Gasteiger partial charge is 0.242 e. The molecule has 19 heavy (non-hydrogen) atoms. The Bertz CT molecular complexity index is 405. The topological polar surface area (TPSA) is 73.1 Å². The highest BCUT2D eigenvalue weighted by molar-refractivity contribution is 5.66. The van der Waals surface area contributed by atoms with E-state index in [1.807, 2.05) is 6.92 Å². The Kier molecular flexibility index (Phi) is 5.86. The maximum atomic E-state index is 6.04. The number of rotatable bonds is 7. The van der Waals surface area contributed by atoms with Gasteiger partial charge in [0.1, 0.15) is 11.5 Å². The summed E-state index contributed by atoms with van der Waals surface area (Å²) in [5.41, 5.74) is 6.54. The largest absolute Gasteiger partial charge is 0.476 e. The van der Waals surface area contributed by atoms with Crippen LogP contribution < -0.4 is 15.8 Å². The molecule has 0 aromatic carbocycles. The highest BCUT2D eigenvalue weighted by Gasteiger charge is 2.14. The van der Waals surface area contributed by atoms with Gasteiger partial charge in [0.25, 0.3) is 0 Å². The molecule has 0 bridgehead atoms. The molecule has 0 saturated heterocycles. The summed E-state index contributed by atoms with van der Waals surface area (Å²) >= 11 is 0. The standard InChI is InChI=1S/C14H26N4O/c1-6-16-13-12(15)14(19-8-10(4)5)18-11(17-13)7-9(2)3/h9-10H,6-8,15H2,1-5H3,(H,16,17,18). The van der Waals surface area contributed by atoms with Crippen molar-refractivity contribution in [3.8, 4) is 5.88 Å². The molecule has 0 unspecified atom stereocenters. The number of nitrogens with zero attached hydrogens (tertiary/aromatic N) is 2. The van der Waals surface area contributed by atoms with Gasteiger partial charge in [-0.25, -0.2) is 4.98 Å². The lowest BCUT2D eigenvalue weighted by molar-refractivity contribution is 0.261. The SMILES string of the molecule is CCNc1nc(CC(C)C)nc(OCC(C)C)c1N. The van der Waals surface area contributed by atoms with E-state index in [0.717, 1.165) is 18.8 Å². The van der Waals surface area contributed by atoms with E-state index in [0.29, 0.717) is 35.8 Å². The number of nitrogen functional groups attached to an aromatic ring is 1. The minimum atomic E-state index is 0.436. The van der Waals surface area contributed by atoms with E-state index >= 15 is 0 Å². The molecule has 0 spiro atoms. The van der Waals surface area contributed by atoms with Gasteiger partial charge in [0, 0.05) is 13.0 Å². The Morgan fingerprint density at radius 2 is 1.84 bits per heavy atom. The Morgan fingerprint density at radius 1 is 1.16 bits per heavy atom. The molecule has 0 amide bonds. The minimum absolute atomic E-state index is 0.436. The number of nitrogens with two attached hydrogens (primary N) is 1. The first-order valence-corrected chi connectivity index (χ1v) is 6.97. The molecule has 108 valence electrons. The quantitative estimate of drug-likeness (QED) is 0.794. The lowest BCUT2D eigenvalue weighted by Gasteiger charge is -2.15. The highest BCUT2D eigenvalue weighted by Crippen LogP contribution is 2.27. The van der Waals surface area contributed by atoms with E-state index in [-0.39, 0.29) is 0 Å². The van der Waals surface area contributed by atoms with E-state index in [4.69, 9.17) is 10.5 Å². The zero-order valence-corrected chi connectivity index (χ0v) is 12.7. The van der Waals surface area contributed by atoms with Crippen LogP contribution in [0.4, 0.5) is 11.5 Å². The van der Waals surface area contributed by atoms with Gasteiger partial charge in [-0.2, -0.15) is 4.98 Å². The molecule has 0 fully saturated rings. The van der Waals surface area contributed by atoms with Crippen LogP contribution in [0, 0.1) is 11.8 Å². The number of hydrogen-bond donors (Lipinski definition) is 2. The molecule has 0 radical (unpaired) electrons. The fourth-order valence-corrected chi connectivity index (χ4v) is 1.61. The zero-order valence-electron chi connectivity index (χ0n) is 12.7. The molecular formula is C14H26N4O. The van der Waals surface area contributed by atoms with E-state index in [1.54, 1.807) is 0 Å². The summed E-state index contributed by atoms with van der Waals surface area (Å²) in [5, 5.41) is 3.16. The van der Waals surface area contributed by atoms with Crippen molar-refractivity contribution in [3.05, 3.63) is 5.82 Å². The van der Waals surface area contributed by atoms with Crippen LogP contribution in [0.15, 0.2) is 0 Å². The minimum Gasteiger partial charge on any atom is -0.476 e. The number of hydrogen-bond acceptors (Lipinski definition) is 5. The number of anilines is 2. The van der Waals surface area contributed by atoms with E-state index < -0.39 is 0 Å². The molecule has 5 heteroatoms. The number of aromatic nitrogens is 2. The Balaban J connectivity index is 3.01. The third-order valence-corrected chi connectivity index (χ3v) is 2.45. The Hall–Kier alpha value is -1.52. The van der Waals surface area contributed by atoms with Crippen LogP contribution >= 0.6 is 0 Å². The number of nitrogens with one attached hydrogen (secondary N) is 1. The van der Waals surface area contributed by atoms with E-state index in [9.17, 15) is 0 Å². The van der Waals surface area contributed by atoms with Gasteiger partial charge < -0.3 is 15.8 Å². The van der Waals surface area contributed by atoms with E-state index in [1.165, 1.54) is 0 Å². The van der Waals surface area contributed by atoms with Crippen LogP contribution in [0.2, 0.25) is 0 Å². The second-order valence-corrected chi connectivity index (χ2v) is 5.54. The zero-order chi connectivity index (χ0) is 14.4. The molecule has 5 nitrogen and oxygen atoms in total. The van der Waals surface area contributed by atoms with Crippen molar-refractivity contribution in [2.45, 2.75) is 41.0 Å². The van der Waals surface area contributed by atoms with E-state index in [2.05, 4.69) is 43.0 Å². The van der Waals surface area contributed by atoms with Crippen LogP contribution in [0.25, 0.3) is 0 Å². The van der Waals surface area contributed by atoms with Crippen LogP contribution in [-0.2, 0) is 6.42 Å². The summed E-state index contributed by atoms with van der Waals surface area (Å²) < 4.78 is 5.69. The second kappa shape index (κ2) is 7.16. The van der Waals surface area contributed by atoms with Crippen molar-refractivity contribution >= 4 is 11.5 Å². The molecule has 0 saturated carbocycles. The van der Waals surface area contributed by atoms with Crippen molar-refractivity contribution in [1.82, 2.24) is 9.97 Å². The van der Waals surface area contributed by atoms with Gasteiger partial charge in [-0.05, 0) is 18.8 Å². The van der Waals surface area contributed by atoms with Crippen LogP contribution in [0.5, 0.6) is 5.88 Å². The van der Waals surface area contributed by atoms with Crippen molar-refractivity contribution in [2.75, 3.05) is 24.2 Å². The first-order valence-electron chi connectivity index (χ1n) is 6.97. The lowest BCUT2D eigenvalue weighted by atomic mass is 10.1. The molecule has 0 aliphatic rings. The monoisotopic (exact) mass is 266 g/mol. The van der Waals surface area contributed by atoms with Crippen molar-refractivity contribution in [1.29, 1.82) is 0 Å².